The standard InChI is InChI=1S/C16H20N6O3S/c1-5-6-14-17-15(25-19-14)10(2)26-16-18-20-21-22(16)12-9-11(23-3)7-8-13(12)24-4/h7-10H,5-6H2,1-4H3. The van der Waals surface area contributed by atoms with Crippen LogP contribution in [0, 0.1) is 0 Å². The molecule has 0 saturated heterocycles. The molecule has 0 amide bonds. The van der Waals surface area contributed by atoms with Crippen molar-refractivity contribution in [1.29, 1.82) is 0 Å². The van der Waals surface area contributed by atoms with E-state index in [1.807, 2.05) is 25.1 Å². The topological polar surface area (TPSA) is 101 Å². The lowest BCUT2D eigenvalue weighted by Crippen LogP contribution is -2.03. The van der Waals surface area contributed by atoms with Crippen LogP contribution in [0.25, 0.3) is 5.69 Å². The maximum atomic E-state index is 5.42. The normalized spacial score (nSPS) is 12.2. The number of methoxy groups -OCH3 is 2. The van der Waals surface area contributed by atoms with Crippen molar-refractivity contribution in [1.82, 2.24) is 30.3 Å². The number of aryl methyl sites for hydroxylation is 1. The van der Waals surface area contributed by atoms with Crippen molar-refractivity contribution >= 4 is 11.8 Å². The second-order valence-electron chi connectivity index (χ2n) is 5.47. The van der Waals surface area contributed by atoms with Gasteiger partial charge in [0.15, 0.2) is 5.82 Å². The summed E-state index contributed by atoms with van der Waals surface area (Å²) in [5, 5.41) is 16.5. The van der Waals surface area contributed by atoms with Gasteiger partial charge in [0.05, 0.1) is 19.5 Å². The number of aromatic nitrogens is 6. The molecule has 1 atom stereocenters. The highest BCUT2D eigenvalue weighted by molar-refractivity contribution is 7.99. The molecule has 3 rings (SSSR count). The molecule has 0 fully saturated rings. The number of tetrazole rings is 1. The molecule has 0 aliphatic rings. The maximum Gasteiger partial charge on any atom is 0.239 e. The van der Waals surface area contributed by atoms with E-state index < -0.39 is 0 Å². The van der Waals surface area contributed by atoms with E-state index in [0.717, 1.165) is 12.8 Å². The van der Waals surface area contributed by atoms with Gasteiger partial charge in [-0.15, -0.1) is 5.10 Å². The fourth-order valence-electron chi connectivity index (χ4n) is 2.33. The fraction of sp³-hybridized carbons (Fsp3) is 0.438. The van der Waals surface area contributed by atoms with Crippen LogP contribution in [-0.2, 0) is 6.42 Å². The van der Waals surface area contributed by atoms with Crippen LogP contribution in [0.2, 0.25) is 0 Å². The van der Waals surface area contributed by atoms with Crippen LogP contribution in [0.1, 0.15) is 37.2 Å². The molecule has 138 valence electrons. The summed E-state index contributed by atoms with van der Waals surface area (Å²) in [7, 11) is 3.20. The average Bonchev–Trinajstić information content (AvgIpc) is 3.31. The Bertz CT molecular complexity index is 865. The predicted octanol–water partition coefficient (Wildman–Crippen LogP) is 2.87. The number of benzene rings is 1. The fourth-order valence-corrected chi connectivity index (χ4v) is 3.16. The van der Waals surface area contributed by atoms with Gasteiger partial charge in [0.1, 0.15) is 17.2 Å². The molecule has 3 aromatic rings. The molecule has 1 aromatic carbocycles. The summed E-state index contributed by atoms with van der Waals surface area (Å²) in [5.74, 6) is 2.58. The molecule has 0 bridgehead atoms. The molecule has 1 unspecified atom stereocenters. The Morgan fingerprint density at radius 3 is 2.85 bits per heavy atom. The molecule has 2 aromatic heterocycles. The van der Waals surface area contributed by atoms with Crippen LogP contribution >= 0.6 is 11.8 Å². The predicted molar refractivity (Wildman–Crippen MR) is 94.8 cm³/mol. The first-order chi connectivity index (χ1) is 12.7. The summed E-state index contributed by atoms with van der Waals surface area (Å²) in [4.78, 5) is 4.42. The molecule has 26 heavy (non-hydrogen) atoms. The highest BCUT2D eigenvalue weighted by atomic mass is 32.2. The minimum Gasteiger partial charge on any atom is -0.497 e. The molecule has 0 spiro atoms. The van der Waals surface area contributed by atoms with Crippen molar-refractivity contribution in [2.75, 3.05) is 14.2 Å². The third-order valence-electron chi connectivity index (χ3n) is 3.64. The van der Waals surface area contributed by atoms with Gasteiger partial charge in [0.25, 0.3) is 0 Å². The van der Waals surface area contributed by atoms with E-state index in [9.17, 15) is 0 Å². The van der Waals surface area contributed by atoms with Crippen molar-refractivity contribution in [3.8, 4) is 17.2 Å². The van der Waals surface area contributed by atoms with Gasteiger partial charge in [-0.3, -0.25) is 0 Å². The molecule has 0 N–H and O–H groups in total. The van der Waals surface area contributed by atoms with Gasteiger partial charge in [-0.1, -0.05) is 23.8 Å². The van der Waals surface area contributed by atoms with E-state index >= 15 is 0 Å². The number of hydrogen-bond donors (Lipinski definition) is 0. The Balaban J connectivity index is 1.86. The van der Waals surface area contributed by atoms with Gasteiger partial charge in [-0.25, -0.2) is 0 Å². The molecular formula is C16H20N6O3S. The number of ether oxygens (including phenoxy) is 2. The number of rotatable bonds is 8. The second-order valence-corrected chi connectivity index (χ2v) is 6.78. The van der Waals surface area contributed by atoms with Gasteiger partial charge in [-0.2, -0.15) is 9.67 Å². The summed E-state index contributed by atoms with van der Waals surface area (Å²) in [6, 6.07) is 5.44. The molecule has 0 saturated carbocycles. The third kappa shape index (κ3) is 3.79. The highest BCUT2D eigenvalue weighted by Gasteiger charge is 2.21. The molecule has 10 heteroatoms. The lowest BCUT2D eigenvalue weighted by Gasteiger charge is -2.12. The molecule has 0 aliphatic carbocycles. The number of hydrogen-bond acceptors (Lipinski definition) is 9. The summed E-state index contributed by atoms with van der Waals surface area (Å²) in [6.45, 7) is 4.04. The van der Waals surface area contributed by atoms with Crippen LogP contribution < -0.4 is 9.47 Å². The van der Waals surface area contributed by atoms with Gasteiger partial charge in [-0.05, 0) is 35.9 Å². The SMILES string of the molecule is CCCc1noc(C(C)Sc2nnnn2-c2cc(OC)ccc2OC)n1. The van der Waals surface area contributed by atoms with Gasteiger partial charge in [0, 0.05) is 12.5 Å². The quantitative estimate of drug-likeness (QED) is 0.549. The first-order valence-electron chi connectivity index (χ1n) is 8.16. The Labute approximate surface area is 155 Å². The zero-order valence-electron chi connectivity index (χ0n) is 15.0. The van der Waals surface area contributed by atoms with E-state index in [0.29, 0.717) is 34.1 Å². The zero-order chi connectivity index (χ0) is 18.5. The largest absolute Gasteiger partial charge is 0.497 e. The molecule has 9 nitrogen and oxygen atoms in total. The van der Waals surface area contributed by atoms with Crippen LogP contribution in [0.4, 0.5) is 0 Å². The third-order valence-corrected chi connectivity index (χ3v) is 4.66. The Morgan fingerprint density at radius 2 is 2.12 bits per heavy atom. The first-order valence-corrected chi connectivity index (χ1v) is 9.04. The van der Waals surface area contributed by atoms with Crippen molar-refractivity contribution in [3.05, 3.63) is 29.9 Å². The van der Waals surface area contributed by atoms with Crippen molar-refractivity contribution in [2.45, 2.75) is 37.1 Å². The maximum absolute atomic E-state index is 5.42. The smallest absolute Gasteiger partial charge is 0.239 e. The second kappa shape index (κ2) is 8.17. The van der Waals surface area contributed by atoms with Crippen LogP contribution in [-0.4, -0.2) is 44.6 Å². The number of thioether (sulfide) groups is 1. The summed E-state index contributed by atoms with van der Waals surface area (Å²) in [5.41, 5.74) is 0.684. The van der Waals surface area contributed by atoms with Crippen LogP contribution in [0.3, 0.4) is 0 Å². The lowest BCUT2D eigenvalue weighted by molar-refractivity contribution is 0.374. The van der Waals surface area contributed by atoms with Crippen molar-refractivity contribution in [3.63, 3.8) is 0 Å². The monoisotopic (exact) mass is 376 g/mol. The van der Waals surface area contributed by atoms with E-state index in [-0.39, 0.29) is 5.25 Å². The Morgan fingerprint density at radius 1 is 1.27 bits per heavy atom. The first kappa shape index (κ1) is 18.2. The Kier molecular flexibility index (Phi) is 5.71. The molecular weight excluding hydrogens is 356 g/mol. The van der Waals surface area contributed by atoms with E-state index in [1.165, 1.54) is 11.8 Å². The summed E-state index contributed by atoms with van der Waals surface area (Å²) in [6.07, 6.45) is 1.76. The van der Waals surface area contributed by atoms with Gasteiger partial charge in [0.2, 0.25) is 11.0 Å². The number of nitrogens with zero attached hydrogens (tertiary/aromatic N) is 6. The van der Waals surface area contributed by atoms with Gasteiger partial charge < -0.3 is 14.0 Å². The summed E-state index contributed by atoms with van der Waals surface area (Å²) >= 11 is 1.42. The van der Waals surface area contributed by atoms with Crippen molar-refractivity contribution in [2.24, 2.45) is 0 Å². The molecule has 0 radical (unpaired) electrons. The van der Waals surface area contributed by atoms with Crippen LogP contribution in [0.5, 0.6) is 11.5 Å². The van der Waals surface area contributed by atoms with E-state index in [2.05, 4.69) is 32.6 Å². The average molecular weight is 376 g/mol. The summed E-state index contributed by atoms with van der Waals surface area (Å²) < 4.78 is 17.7. The Hall–Kier alpha value is -2.62. The van der Waals surface area contributed by atoms with Crippen molar-refractivity contribution < 1.29 is 14.0 Å². The van der Waals surface area contributed by atoms with Crippen LogP contribution in [0.15, 0.2) is 27.9 Å². The van der Waals surface area contributed by atoms with E-state index in [4.69, 9.17) is 14.0 Å². The highest BCUT2D eigenvalue weighted by Crippen LogP contribution is 2.35. The van der Waals surface area contributed by atoms with Gasteiger partial charge >= 0.3 is 0 Å². The minimum atomic E-state index is -0.102. The minimum absolute atomic E-state index is 0.102. The molecule has 2 heterocycles. The zero-order valence-corrected chi connectivity index (χ0v) is 15.9. The molecule has 0 aliphatic heterocycles. The lowest BCUT2D eigenvalue weighted by atomic mass is 10.3. The van der Waals surface area contributed by atoms with E-state index in [1.54, 1.807) is 18.9 Å².